The number of ether oxygens (including phenoxy) is 1. The zero-order chi connectivity index (χ0) is 9.97. The van der Waals surface area contributed by atoms with Gasteiger partial charge in [0.2, 0.25) is 0 Å². The van der Waals surface area contributed by atoms with Crippen molar-refractivity contribution in [3.8, 4) is 0 Å². The highest BCUT2D eigenvalue weighted by molar-refractivity contribution is 5.89. The lowest BCUT2D eigenvalue weighted by Crippen LogP contribution is -2.05. The average molecular weight is 188 g/mol. The van der Waals surface area contributed by atoms with Crippen LogP contribution in [0.5, 0.6) is 0 Å². The SMILES string of the molecule is Cc1cccc(C(=O)OCC2=CC2)c1. The highest BCUT2D eigenvalue weighted by atomic mass is 16.5. The fourth-order valence-corrected chi connectivity index (χ4v) is 1.20. The number of carbonyl (C=O) groups excluding carboxylic acids is 1. The van der Waals surface area contributed by atoms with Crippen molar-refractivity contribution in [3.05, 3.63) is 47.0 Å². The molecule has 0 atom stereocenters. The summed E-state index contributed by atoms with van der Waals surface area (Å²) >= 11 is 0. The Morgan fingerprint density at radius 3 is 2.93 bits per heavy atom. The lowest BCUT2D eigenvalue weighted by Gasteiger charge is -2.02. The molecule has 0 fully saturated rings. The third-order valence-corrected chi connectivity index (χ3v) is 2.14. The van der Waals surface area contributed by atoms with Gasteiger partial charge in [-0.1, -0.05) is 23.8 Å². The van der Waals surface area contributed by atoms with Crippen molar-refractivity contribution < 1.29 is 9.53 Å². The molecule has 0 saturated carbocycles. The molecule has 0 aliphatic heterocycles. The van der Waals surface area contributed by atoms with E-state index >= 15 is 0 Å². The summed E-state index contributed by atoms with van der Waals surface area (Å²) < 4.78 is 5.10. The van der Waals surface area contributed by atoms with E-state index in [1.54, 1.807) is 6.07 Å². The van der Waals surface area contributed by atoms with Crippen LogP contribution in [-0.2, 0) is 4.74 Å². The van der Waals surface area contributed by atoms with Crippen LogP contribution in [0.3, 0.4) is 0 Å². The van der Waals surface area contributed by atoms with E-state index in [2.05, 4.69) is 6.08 Å². The molecule has 0 amide bonds. The van der Waals surface area contributed by atoms with E-state index in [4.69, 9.17) is 4.74 Å². The predicted octanol–water partition coefficient (Wildman–Crippen LogP) is 2.48. The lowest BCUT2D eigenvalue weighted by molar-refractivity contribution is 0.0543. The zero-order valence-corrected chi connectivity index (χ0v) is 8.12. The van der Waals surface area contributed by atoms with Crippen molar-refractivity contribution in [3.63, 3.8) is 0 Å². The molecule has 0 radical (unpaired) electrons. The summed E-state index contributed by atoms with van der Waals surface area (Å²) in [6, 6.07) is 7.43. The summed E-state index contributed by atoms with van der Waals surface area (Å²) in [6.45, 7) is 2.41. The molecular weight excluding hydrogens is 176 g/mol. The largest absolute Gasteiger partial charge is 0.458 e. The molecule has 2 rings (SSSR count). The van der Waals surface area contributed by atoms with Crippen molar-refractivity contribution in [2.24, 2.45) is 0 Å². The number of benzene rings is 1. The van der Waals surface area contributed by atoms with E-state index in [0.717, 1.165) is 12.0 Å². The normalized spacial score (nSPS) is 13.4. The fourth-order valence-electron chi connectivity index (χ4n) is 1.20. The minimum atomic E-state index is -0.235. The number of rotatable bonds is 3. The van der Waals surface area contributed by atoms with Gasteiger partial charge in [0.25, 0.3) is 0 Å². The molecule has 1 aliphatic rings. The van der Waals surface area contributed by atoms with Gasteiger partial charge in [0.1, 0.15) is 6.61 Å². The molecule has 0 spiro atoms. The molecular formula is C12H12O2. The van der Waals surface area contributed by atoms with Crippen LogP contribution >= 0.6 is 0 Å². The highest BCUT2D eigenvalue weighted by Gasteiger charge is 2.11. The smallest absolute Gasteiger partial charge is 0.338 e. The Hall–Kier alpha value is -1.57. The Morgan fingerprint density at radius 1 is 1.50 bits per heavy atom. The maximum absolute atomic E-state index is 11.5. The van der Waals surface area contributed by atoms with Gasteiger partial charge in [-0.05, 0) is 31.1 Å². The number of hydrogen-bond donors (Lipinski definition) is 0. The molecule has 14 heavy (non-hydrogen) atoms. The number of hydrogen-bond acceptors (Lipinski definition) is 2. The molecule has 0 aromatic heterocycles. The highest BCUT2D eigenvalue weighted by Crippen LogP contribution is 2.18. The van der Waals surface area contributed by atoms with Crippen molar-refractivity contribution in [1.82, 2.24) is 0 Å². The first-order valence-corrected chi connectivity index (χ1v) is 4.67. The van der Waals surface area contributed by atoms with Gasteiger partial charge >= 0.3 is 5.97 Å². The summed E-state index contributed by atoms with van der Waals surface area (Å²) in [7, 11) is 0. The van der Waals surface area contributed by atoms with Crippen LogP contribution < -0.4 is 0 Å². The van der Waals surface area contributed by atoms with Crippen LogP contribution in [0.15, 0.2) is 35.9 Å². The zero-order valence-electron chi connectivity index (χ0n) is 8.12. The third-order valence-electron chi connectivity index (χ3n) is 2.14. The second-order valence-corrected chi connectivity index (χ2v) is 3.51. The molecule has 0 bridgehead atoms. The fraction of sp³-hybridized carbons (Fsp3) is 0.250. The lowest BCUT2D eigenvalue weighted by atomic mass is 10.1. The second-order valence-electron chi connectivity index (χ2n) is 3.51. The van der Waals surface area contributed by atoms with Crippen LogP contribution in [0.4, 0.5) is 0 Å². The van der Waals surface area contributed by atoms with E-state index in [1.807, 2.05) is 25.1 Å². The van der Waals surface area contributed by atoms with E-state index in [-0.39, 0.29) is 5.97 Å². The van der Waals surface area contributed by atoms with Crippen LogP contribution in [0.25, 0.3) is 0 Å². The van der Waals surface area contributed by atoms with Gasteiger partial charge in [0, 0.05) is 0 Å². The predicted molar refractivity (Wildman–Crippen MR) is 54.2 cm³/mol. The first kappa shape index (κ1) is 9.00. The summed E-state index contributed by atoms with van der Waals surface area (Å²) in [4.78, 5) is 11.5. The van der Waals surface area contributed by atoms with Gasteiger partial charge in [-0.25, -0.2) is 4.79 Å². The van der Waals surface area contributed by atoms with Crippen LogP contribution in [0.2, 0.25) is 0 Å². The van der Waals surface area contributed by atoms with Crippen LogP contribution in [0.1, 0.15) is 22.3 Å². The van der Waals surface area contributed by atoms with E-state index in [1.165, 1.54) is 5.57 Å². The first-order chi connectivity index (χ1) is 6.75. The van der Waals surface area contributed by atoms with Crippen LogP contribution in [0, 0.1) is 6.92 Å². The quantitative estimate of drug-likeness (QED) is 0.538. The van der Waals surface area contributed by atoms with Crippen molar-refractivity contribution in [2.75, 3.05) is 6.61 Å². The molecule has 72 valence electrons. The molecule has 0 N–H and O–H groups in total. The number of aryl methyl sites for hydroxylation is 1. The Labute approximate surface area is 83.2 Å². The molecule has 1 aromatic carbocycles. The molecule has 0 saturated heterocycles. The Morgan fingerprint density at radius 2 is 2.29 bits per heavy atom. The first-order valence-electron chi connectivity index (χ1n) is 4.67. The minimum absolute atomic E-state index is 0.235. The number of carbonyl (C=O) groups is 1. The monoisotopic (exact) mass is 188 g/mol. The number of allylic oxidation sites excluding steroid dienone is 1. The van der Waals surface area contributed by atoms with Gasteiger partial charge in [-0.3, -0.25) is 0 Å². The van der Waals surface area contributed by atoms with Crippen molar-refractivity contribution in [1.29, 1.82) is 0 Å². The molecule has 2 heteroatoms. The van der Waals surface area contributed by atoms with E-state index < -0.39 is 0 Å². The van der Waals surface area contributed by atoms with Gasteiger partial charge in [-0.15, -0.1) is 0 Å². The number of esters is 1. The Kier molecular flexibility index (Phi) is 2.35. The van der Waals surface area contributed by atoms with Crippen LogP contribution in [-0.4, -0.2) is 12.6 Å². The Balaban J connectivity index is 1.98. The summed E-state index contributed by atoms with van der Waals surface area (Å²) in [5.74, 6) is -0.235. The average Bonchev–Trinajstić information content (AvgIpc) is 2.97. The van der Waals surface area contributed by atoms with E-state index in [0.29, 0.717) is 12.2 Å². The maximum atomic E-state index is 11.5. The van der Waals surface area contributed by atoms with Gasteiger partial charge in [0.15, 0.2) is 0 Å². The van der Waals surface area contributed by atoms with Gasteiger partial charge in [-0.2, -0.15) is 0 Å². The van der Waals surface area contributed by atoms with Gasteiger partial charge in [0.05, 0.1) is 5.56 Å². The Bertz CT molecular complexity index is 391. The molecule has 1 aliphatic carbocycles. The molecule has 2 nitrogen and oxygen atoms in total. The third kappa shape index (κ3) is 2.22. The van der Waals surface area contributed by atoms with Crippen molar-refractivity contribution >= 4 is 5.97 Å². The second kappa shape index (κ2) is 3.66. The maximum Gasteiger partial charge on any atom is 0.338 e. The van der Waals surface area contributed by atoms with Gasteiger partial charge < -0.3 is 4.74 Å². The molecule has 0 unspecified atom stereocenters. The van der Waals surface area contributed by atoms with E-state index in [9.17, 15) is 4.79 Å². The summed E-state index contributed by atoms with van der Waals surface area (Å²) in [5, 5.41) is 0. The summed E-state index contributed by atoms with van der Waals surface area (Å²) in [5.41, 5.74) is 2.92. The molecule has 1 aromatic rings. The summed E-state index contributed by atoms with van der Waals surface area (Å²) in [6.07, 6.45) is 3.06. The topological polar surface area (TPSA) is 26.3 Å². The van der Waals surface area contributed by atoms with Crippen molar-refractivity contribution in [2.45, 2.75) is 13.3 Å². The standard InChI is InChI=1S/C12H12O2/c1-9-3-2-4-11(7-9)12(13)14-8-10-5-6-10/h2-5,7H,6,8H2,1H3. The molecule has 0 heterocycles. The minimum Gasteiger partial charge on any atom is -0.458 e.